The normalized spacial score (nSPS) is 18.4. The summed E-state index contributed by atoms with van der Waals surface area (Å²) in [5, 5.41) is 1.73. The summed E-state index contributed by atoms with van der Waals surface area (Å²) in [5.74, 6) is -2.10. The first-order chi connectivity index (χ1) is 9.34. The number of ether oxygens (including phenoxy) is 1. The van der Waals surface area contributed by atoms with Gasteiger partial charge >= 0.3 is 12.1 Å². The number of carbonyl (C=O) groups is 2. The van der Waals surface area contributed by atoms with Crippen LogP contribution in [0.15, 0.2) is 18.2 Å². The zero-order valence-corrected chi connectivity index (χ0v) is 10.6. The SMILES string of the molecule is COc1cccc2c1CC[C@H](NC(=O)C(F)(F)F)C2=O. The molecule has 4 nitrogen and oxygen atoms in total. The predicted molar refractivity (Wildman–Crippen MR) is 63.6 cm³/mol. The molecule has 1 N–H and O–H groups in total. The van der Waals surface area contributed by atoms with Gasteiger partial charge in [0, 0.05) is 11.1 Å². The summed E-state index contributed by atoms with van der Waals surface area (Å²) < 4.78 is 41.7. The highest BCUT2D eigenvalue weighted by atomic mass is 19.4. The number of fused-ring (bicyclic) bond motifs is 1. The molecule has 1 aliphatic carbocycles. The smallest absolute Gasteiger partial charge is 0.471 e. The summed E-state index contributed by atoms with van der Waals surface area (Å²) in [6.45, 7) is 0. The second kappa shape index (κ2) is 5.15. The molecule has 1 amide bonds. The number of alkyl halides is 3. The van der Waals surface area contributed by atoms with Crippen molar-refractivity contribution in [3.05, 3.63) is 29.3 Å². The van der Waals surface area contributed by atoms with E-state index in [-0.39, 0.29) is 6.42 Å². The van der Waals surface area contributed by atoms with E-state index in [1.807, 2.05) is 0 Å². The number of ketones is 1. The third kappa shape index (κ3) is 2.61. The van der Waals surface area contributed by atoms with Gasteiger partial charge in [-0.2, -0.15) is 13.2 Å². The van der Waals surface area contributed by atoms with Crippen LogP contribution in [-0.4, -0.2) is 31.0 Å². The molecule has 1 aliphatic rings. The summed E-state index contributed by atoms with van der Waals surface area (Å²) in [4.78, 5) is 23.0. The lowest BCUT2D eigenvalue weighted by Gasteiger charge is -2.25. The highest BCUT2D eigenvalue weighted by Gasteiger charge is 2.41. The lowest BCUT2D eigenvalue weighted by molar-refractivity contribution is -0.174. The van der Waals surface area contributed by atoms with Crippen LogP contribution in [0.3, 0.4) is 0 Å². The Morgan fingerprint density at radius 1 is 1.40 bits per heavy atom. The fraction of sp³-hybridized carbons (Fsp3) is 0.385. The maximum atomic E-state index is 12.2. The number of halogens is 3. The van der Waals surface area contributed by atoms with Crippen molar-refractivity contribution in [2.45, 2.75) is 25.1 Å². The number of benzene rings is 1. The highest BCUT2D eigenvalue weighted by Crippen LogP contribution is 2.30. The van der Waals surface area contributed by atoms with Gasteiger partial charge in [-0.3, -0.25) is 9.59 Å². The number of rotatable bonds is 2. The maximum absolute atomic E-state index is 12.2. The van der Waals surface area contributed by atoms with Gasteiger partial charge in [-0.15, -0.1) is 0 Å². The molecule has 108 valence electrons. The molecule has 0 bridgehead atoms. The Morgan fingerprint density at radius 2 is 2.10 bits per heavy atom. The molecule has 0 spiro atoms. The van der Waals surface area contributed by atoms with Gasteiger partial charge in [0.2, 0.25) is 0 Å². The standard InChI is InChI=1S/C13H12F3NO3/c1-20-10-4-2-3-8-7(10)5-6-9(11(8)18)17-12(19)13(14,15)16/h2-4,9H,5-6H2,1H3,(H,17,19)/t9-/m0/s1. The second-order valence-electron chi connectivity index (χ2n) is 4.41. The Bertz CT molecular complexity index is 554. The van der Waals surface area contributed by atoms with Gasteiger partial charge in [0.1, 0.15) is 5.75 Å². The van der Waals surface area contributed by atoms with Crippen molar-refractivity contribution in [3.8, 4) is 5.75 Å². The summed E-state index contributed by atoms with van der Waals surface area (Å²) in [5.41, 5.74) is 0.959. The fourth-order valence-electron chi connectivity index (χ4n) is 2.23. The molecule has 7 heteroatoms. The van der Waals surface area contributed by atoms with Crippen molar-refractivity contribution < 1.29 is 27.5 Å². The number of amides is 1. The van der Waals surface area contributed by atoms with Crippen LogP contribution in [0, 0.1) is 0 Å². The van der Waals surface area contributed by atoms with Crippen LogP contribution in [0.25, 0.3) is 0 Å². The van der Waals surface area contributed by atoms with Gasteiger partial charge in [0.15, 0.2) is 5.78 Å². The minimum Gasteiger partial charge on any atom is -0.496 e. The number of Topliss-reactive ketones (excluding diaryl/α,β-unsaturated/α-hetero) is 1. The molecule has 1 atom stereocenters. The molecule has 0 fully saturated rings. The summed E-state index contributed by atoms with van der Waals surface area (Å²) in [6.07, 6.45) is -4.50. The molecule has 0 radical (unpaired) electrons. The number of methoxy groups -OCH3 is 1. The van der Waals surface area contributed by atoms with Crippen molar-refractivity contribution in [1.82, 2.24) is 5.32 Å². The third-order valence-corrected chi connectivity index (χ3v) is 3.18. The maximum Gasteiger partial charge on any atom is 0.471 e. The number of hydrogen-bond donors (Lipinski definition) is 1. The lowest BCUT2D eigenvalue weighted by Crippen LogP contribution is -2.48. The summed E-state index contributed by atoms with van der Waals surface area (Å²) in [7, 11) is 1.46. The number of carbonyl (C=O) groups excluding carboxylic acids is 2. The molecule has 2 rings (SSSR count). The Balaban J connectivity index is 2.23. The van der Waals surface area contributed by atoms with E-state index in [4.69, 9.17) is 4.74 Å². The van der Waals surface area contributed by atoms with E-state index < -0.39 is 23.9 Å². The van der Waals surface area contributed by atoms with E-state index >= 15 is 0 Å². The van der Waals surface area contributed by atoms with E-state index in [9.17, 15) is 22.8 Å². The molecule has 0 unspecified atom stereocenters. The quantitative estimate of drug-likeness (QED) is 0.903. The average Bonchev–Trinajstić information content (AvgIpc) is 2.40. The Labute approximate surface area is 112 Å². The van der Waals surface area contributed by atoms with Gasteiger partial charge in [-0.1, -0.05) is 12.1 Å². The molecule has 0 aliphatic heterocycles. The summed E-state index contributed by atoms with van der Waals surface area (Å²) >= 11 is 0. The summed E-state index contributed by atoms with van der Waals surface area (Å²) in [6, 6.07) is 3.64. The molecular formula is C13H12F3NO3. The van der Waals surface area contributed by atoms with Crippen molar-refractivity contribution in [3.63, 3.8) is 0 Å². The Hall–Kier alpha value is -2.05. The van der Waals surface area contributed by atoms with Crippen LogP contribution >= 0.6 is 0 Å². The largest absolute Gasteiger partial charge is 0.496 e. The number of nitrogens with one attached hydrogen (secondary N) is 1. The van der Waals surface area contributed by atoms with Crippen LogP contribution in [0.5, 0.6) is 5.75 Å². The molecule has 1 aromatic rings. The van der Waals surface area contributed by atoms with E-state index in [0.717, 1.165) is 0 Å². The third-order valence-electron chi connectivity index (χ3n) is 3.18. The van der Waals surface area contributed by atoms with Crippen LogP contribution in [0.1, 0.15) is 22.3 Å². The van der Waals surface area contributed by atoms with Crippen molar-refractivity contribution in [2.24, 2.45) is 0 Å². The minimum atomic E-state index is -4.99. The van der Waals surface area contributed by atoms with Gasteiger partial charge in [0.05, 0.1) is 13.2 Å². The van der Waals surface area contributed by atoms with E-state index in [1.165, 1.54) is 13.2 Å². The predicted octanol–water partition coefficient (Wildman–Crippen LogP) is 1.87. The minimum absolute atomic E-state index is 0.119. The van der Waals surface area contributed by atoms with Crippen LogP contribution in [0.2, 0.25) is 0 Å². The monoisotopic (exact) mass is 287 g/mol. The average molecular weight is 287 g/mol. The molecule has 20 heavy (non-hydrogen) atoms. The van der Waals surface area contributed by atoms with E-state index in [1.54, 1.807) is 17.4 Å². The molecule has 0 saturated heterocycles. The first-order valence-electron chi connectivity index (χ1n) is 5.92. The number of hydrogen-bond acceptors (Lipinski definition) is 3. The van der Waals surface area contributed by atoms with Gasteiger partial charge < -0.3 is 10.1 Å². The van der Waals surface area contributed by atoms with Crippen LogP contribution in [-0.2, 0) is 11.2 Å². The van der Waals surface area contributed by atoms with E-state index in [0.29, 0.717) is 23.3 Å². The first kappa shape index (κ1) is 14.4. The fourth-order valence-corrected chi connectivity index (χ4v) is 2.23. The second-order valence-corrected chi connectivity index (χ2v) is 4.41. The molecule has 0 saturated carbocycles. The molecule has 0 aromatic heterocycles. The van der Waals surface area contributed by atoms with E-state index in [2.05, 4.69) is 0 Å². The highest BCUT2D eigenvalue weighted by molar-refractivity contribution is 6.04. The van der Waals surface area contributed by atoms with Gasteiger partial charge in [-0.25, -0.2) is 0 Å². The Morgan fingerprint density at radius 3 is 2.70 bits per heavy atom. The molecule has 0 heterocycles. The topological polar surface area (TPSA) is 55.4 Å². The zero-order chi connectivity index (χ0) is 14.9. The zero-order valence-electron chi connectivity index (χ0n) is 10.6. The van der Waals surface area contributed by atoms with Crippen LogP contribution < -0.4 is 10.1 Å². The molecule has 1 aromatic carbocycles. The van der Waals surface area contributed by atoms with Crippen molar-refractivity contribution in [1.29, 1.82) is 0 Å². The Kier molecular flexibility index (Phi) is 3.69. The van der Waals surface area contributed by atoms with Crippen LogP contribution in [0.4, 0.5) is 13.2 Å². The molecular weight excluding hydrogens is 275 g/mol. The van der Waals surface area contributed by atoms with Gasteiger partial charge in [0.25, 0.3) is 0 Å². The van der Waals surface area contributed by atoms with Crippen molar-refractivity contribution >= 4 is 11.7 Å². The van der Waals surface area contributed by atoms with Crippen molar-refractivity contribution in [2.75, 3.05) is 7.11 Å². The lowest BCUT2D eigenvalue weighted by atomic mass is 9.86. The first-order valence-corrected chi connectivity index (χ1v) is 5.92. The van der Waals surface area contributed by atoms with Gasteiger partial charge in [-0.05, 0) is 18.9 Å².